The van der Waals surface area contributed by atoms with Gasteiger partial charge < -0.3 is 14.8 Å². The van der Waals surface area contributed by atoms with Crippen molar-refractivity contribution in [3.05, 3.63) is 60.1 Å². The van der Waals surface area contributed by atoms with E-state index in [1.807, 2.05) is 0 Å². The SMILES string of the molecule is CCOC[C@H](Oc1ncnc2c1cnn2-c1ccccc1S(C)(=O)=O)C(=O)Nc1ccc(Cl)cn1. The zero-order chi connectivity index (χ0) is 25.0. The van der Waals surface area contributed by atoms with E-state index in [-0.39, 0.29) is 17.4 Å². The average Bonchev–Trinajstić information content (AvgIpc) is 3.27. The van der Waals surface area contributed by atoms with Gasteiger partial charge >= 0.3 is 0 Å². The van der Waals surface area contributed by atoms with Crippen LogP contribution >= 0.6 is 11.6 Å². The summed E-state index contributed by atoms with van der Waals surface area (Å²) >= 11 is 5.85. The monoisotopic (exact) mass is 516 g/mol. The van der Waals surface area contributed by atoms with Crippen molar-refractivity contribution in [3.8, 4) is 11.6 Å². The average molecular weight is 517 g/mol. The van der Waals surface area contributed by atoms with Gasteiger partial charge in [-0.15, -0.1) is 0 Å². The lowest BCUT2D eigenvalue weighted by molar-refractivity contribution is -0.125. The van der Waals surface area contributed by atoms with Crippen LogP contribution < -0.4 is 10.1 Å². The van der Waals surface area contributed by atoms with Crippen molar-refractivity contribution in [1.82, 2.24) is 24.7 Å². The van der Waals surface area contributed by atoms with Gasteiger partial charge in [-0.3, -0.25) is 4.79 Å². The molecule has 182 valence electrons. The fraction of sp³-hybridized carbons (Fsp3) is 0.227. The minimum absolute atomic E-state index is 0.0491. The van der Waals surface area contributed by atoms with Crippen LogP contribution in [0.4, 0.5) is 5.82 Å². The summed E-state index contributed by atoms with van der Waals surface area (Å²) in [6.45, 7) is 2.11. The number of halogens is 1. The van der Waals surface area contributed by atoms with E-state index in [1.165, 1.54) is 29.5 Å². The number of carbonyl (C=O) groups excluding carboxylic acids is 1. The fourth-order valence-corrected chi connectivity index (χ4v) is 4.19. The lowest BCUT2D eigenvalue weighted by atomic mass is 10.3. The molecule has 1 N–H and O–H groups in total. The van der Waals surface area contributed by atoms with Gasteiger partial charge in [-0.2, -0.15) is 5.10 Å². The van der Waals surface area contributed by atoms with Crippen LogP contribution in [0, 0.1) is 0 Å². The molecule has 35 heavy (non-hydrogen) atoms. The molecular formula is C22H21ClN6O5S. The molecule has 13 heteroatoms. The number of aromatic nitrogens is 5. The second kappa shape index (κ2) is 10.3. The van der Waals surface area contributed by atoms with Crippen LogP contribution in [0.15, 0.2) is 60.0 Å². The molecule has 3 heterocycles. The maximum Gasteiger partial charge on any atom is 0.269 e. The summed E-state index contributed by atoms with van der Waals surface area (Å²) in [7, 11) is -3.53. The third kappa shape index (κ3) is 5.56. The smallest absolute Gasteiger partial charge is 0.269 e. The van der Waals surface area contributed by atoms with E-state index in [1.54, 1.807) is 37.3 Å². The van der Waals surface area contributed by atoms with E-state index in [9.17, 15) is 13.2 Å². The number of para-hydroxylation sites is 1. The Kier molecular flexibility index (Phi) is 7.24. The Balaban J connectivity index is 1.67. The standard InChI is InChI=1S/C22H21ClN6O5S/c1-3-33-12-17(21(30)28-19-9-8-14(23)10-24-19)34-22-15-11-27-29(20(15)25-13-26-22)16-6-4-5-7-18(16)35(2,31)32/h4-11,13,17H,3,12H2,1-2H3,(H,24,28,30)/t17-/m0/s1. The topological polar surface area (TPSA) is 138 Å². The molecule has 3 aromatic heterocycles. The van der Waals surface area contributed by atoms with Crippen molar-refractivity contribution in [3.63, 3.8) is 0 Å². The molecular weight excluding hydrogens is 496 g/mol. The lowest BCUT2D eigenvalue weighted by Gasteiger charge is -2.18. The minimum Gasteiger partial charge on any atom is -0.461 e. The number of anilines is 1. The normalized spacial score (nSPS) is 12.4. The Labute approximate surface area is 206 Å². The molecule has 0 aliphatic rings. The van der Waals surface area contributed by atoms with E-state index in [0.717, 1.165) is 6.26 Å². The molecule has 0 aliphatic heterocycles. The second-order valence-electron chi connectivity index (χ2n) is 7.33. The van der Waals surface area contributed by atoms with Gasteiger partial charge in [0.15, 0.2) is 15.5 Å². The highest BCUT2D eigenvalue weighted by molar-refractivity contribution is 7.90. The van der Waals surface area contributed by atoms with Crippen molar-refractivity contribution in [2.24, 2.45) is 0 Å². The Morgan fingerprint density at radius 2 is 1.94 bits per heavy atom. The molecule has 0 aliphatic carbocycles. The number of fused-ring (bicyclic) bond motifs is 1. The van der Waals surface area contributed by atoms with Gasteiger partial charge in [-0.1, -0.05) is 23.7 Å². The maximum atomic E-state index is 12.9. The van der Waals surface area contributed by atoms with Crippen molar-refractivity contribution in [2.45, 2.75) is 17.9 Å². The third-order valence-electron chi connectivity index (χ3n) is 4.82. The Bertz CT molecular complexity index is 1460. The van der Waals surface area contributed by atoms with Crippen molar-refractivity contribution < 1.29 is 22.7 Å². The van der Waals surface area contributed by atoms with E-state index in [2.05, 4.69) is 25.4 Å². The first-order chi connectivity index (χ1) is 16.8. The molecule has 0 radical (unpaired) electrons. The first kappa shape index (κ1) is 24.5. The Morgan fingerprint density at radius 3 is 2.66 bits per heavy atom. The molecule has 11 nitrogen and oxygen atoms in total. The van der Waals surface area contributed by atoms with Crippen molar-refractivity contribution in [1.29, 1.82) is 0 Å². The molecule has 4 aromatic rings. The highest BCUT2D eigenvalue weighted by Gasteiger charge is 2.25. The molecule has 4 rings (SSSR count). The molecule has 0 saturated heterocycles. The number of carbonyl (C=O) groups is 1. The van der Waals surface area contributed by atoms with Crippen LogP contribution in [0.2, 0.25) is 5.02 Å². The molecule has 1 amide bonds. The number of hydrogen-bond donors (Lipinski definition) is 1. The van der Waals surface area contributed by atoms with Crippen LogP contribution in [-0.2, 0) is 19.4 Å². The number of ether oxygens (including phenoxy) is 2. The molecule has 0 spiro atoms. The Morgan fingerprint density at radius 1 is 1.14 bits per heavy atom. The number of pyridine rings is 1. The zero-order valence-corrected chi connectivity index (χ0v) is 20.3. The largest absolute Gasteiger partial charge is 0.461 e. The van der Waals surface area contributed by atoms with Crippen LogP contribution in [-0.4, -0.2) is 64.6 Å². The van der Waals surface area contributed by atoms with E-state index in [4.69, 9.17) is 21.1 Å². The number of rotatable bonds is 9. The highest BCUT2D eigenvalue weighted by Crippen LogP contribution is 2.27. The van der Waals surface area contributed by atoms with Crippen LogP contribution in [0.1, 0.15) is 6.92 Å². The summed E-state index contributed by atoms with van der Waals surface area (Å²) in [6, 6.07) is 9.59. The molecule has 1 atom stereocenters. The van der Waals surface area contributed by atoms with Gasteiger partial charge in [0.05, 0.1) is 28.4 Å². The summed E-state index contributed by atoms with van der Waals surface area (Å²) in [5, 5.41) is 7.78. The molecule has 1 aromatic carbocycles. The van der Waals surface area contributed by atoms with Gasteiger partial charge in [-0.25, -0.2) is 28.1 Å². The summed E-state index contributed by atoms with van der Waals surface area (Å²) in [5.74, 6) is -0.126. The summed E-state index contributed by atoms with van der Waals surface area (Å²) in [6.07, 6.45) is 4.15. The number of amides is 1. The predicted octanol–water partition coefficient (Wildman–Crippen LogP) is 2.69. The van der Waals surface area contributed by atoms with E-state index >= 15 is 0 Å². The van der Waals surface area contributed by atoms with Gasteiger partial charge in [0.1, 0.15) is 17.5 Å². The maximum absolute atomic E-state index is 12.9. The summed E-state index contributed by atoms with van der Waals surface area (Å²) < 4.78 is 37.3. The number of nitrogens with one attached hydrogen (secondary N) is 1. The Hall–Kier alpha value is -3.61. The number of hydrogen-bond acceptors (Lipinski definition) is 9. The van der Waals surface area contributed by atoms with Gasteiger partial charge in [0.2, 0.25) is 12.0 Å². The lowest BCUT2D eigenvalue weighted by Crippen LogP contribution is -2.37. The number of benzene rings is 1. The number of nitrogens with zero attached hydrogens (tertiary/aromatic N) is 5. The third-order valence-corrected chi connectivity index (χ3v) is 6.19. The van der Waals surface area contributed by atoms with Gasteiger partial charge in [0.25, 0.3) is 5.91 Å². The fourth-order valence-electron chi connectivity index (χ4n) is 3.22. The van der Waals surface area contributed by atoms with Crippen molar-refractivity contribution >= 4 is 44.2 Å². The van der Waals surface area contributed by atoms with E-state index < -0.39 is 21.8 Å². The first-order valence-corrected chi connectivity index (χ1v) is 12.7. The van der Waals surface area contributed by atoms with Crippen LogP contribution in [0.3, 0.4) is 0 Å². The quantitative estimate of drug-likeness (QED) is 0.355. The number of sulfone groups is 1. The van der Waals surface area contributed by atoms with Crippen LogP contribution in [0.25, 0.3) is 16.7 Å². The first-order valence-electron chi connectivity index (χ1n) is 10.4. The summed E-state index contributed by atoms with van der Waals surface area (Å²) in [4.78, 5) is 25.5. The molecule has 0 fully saturated rings. The highest BCUT2D eigenvalue weighted by atomic mass is 35.5. The minimum atomic E-state index is -3.53. The van der Waals surface area contributed by atoms with Crippen molar-refractivity contribution in [2.75, 3.05) is 24.8 Å². The molecule has 0 unspecified atom stereocenters. The molecule has 0 bridgehead atoms. The molecule has 0 saturated carbocycles. The zero-order valence-electron chi connectivity index (χ0n) is 18.8. The van der Waals surface area contributed by atoms with Crippen LogP contribution in [0.5, 0.6) is 5.88 Å². The van der Waals surface area contributed by atoms with Gasteiger partial charge in [0, 0.05) is 19.1 Å². The van der Waals surface area contributed by atoms with Gasteiger partial charge in [-0.05, 0) is 31.2 Å². The summed E-state index contributed by atoms with van der Waals surface area (Å²) in [5.41, 5.74) is 0.633. The second-order valence-corrected chi connectivity index (χ2v) is 9.75. The van der Waals surface area contributed by atoms with E-state index in [0.29, 0.717) is 34.2 Å². The predicted molar refractivity (Wildman–Crippen MR) is 129 cm³/mol.